The van der Waals surface area contributed by atoms with Crippen LogP contribution in [-0.4, -0.2) is 53.1 Å². The van der Waals surface area contributed by atoms with Crippen LogP contribution in [-0.2, 0) is 6.54 Å². The molecule has 1 fully saturated rings. The van der Waals surface area contributed by atoms with Crippen LogP contribution >= 0.6 is 0 Å². The maximum atomic E-state index is 4.44. The summed E-state index contributed by atoms with van der Waals surface area (Å²) >= 11 is 0. The quantitative estimate of drug-likeness (QED) is 0.911. The average molecular weight is 312 g/mol. The van der Waals surface area contributed by atoms with E-state index in [2.05, 4.69) is 31.2 Å². The Labute approximate surface area is 137 Å². The Morgan fingerprint density at radius 1 is 1.17 bits per heavy atom. The molecule has 6 nitrogen and oxygen atoms in total. The van der Waals surface area contributed by atoms with Gasteiger partial charge < -0.3 is 10.2 Å². The zero-order valence-electron chi connectivity index (χ0n) is 13.8. The van der Waals surface area contributed by atoms with Crippen LogP contribution in [0.15, 0.2) is 36.9 Å². The summed E-state index contributed by atoms with van der Waals surface area (Å²) in [6, 6.07) is 4.59. The van der Waals surface area contributed by atoms with Gasteiger partial charge in [-0.25, -0.2) is 9.97 Å². The van der Waals surface area contributed by atoms with E-state index < -0.39 is 0 Å². The summed E-state index contributed by atoms with van der Waals surface area (Å²) in [7, 11) is 3.98. The monoisotopic (exact) mass is 312 g/mol. The first-order valence-electron chi connectivity index (χ1n) is 8.08. The van der Waals surface area contributed by atoms with Crippen molar-refractivity contribution in [3.63, 3.8) is 0 Å². The number of likely N-dealkylation sites (tertiary alicyclic amines) is 1. The highest BCUT2D eigenvalue weighted by molar-refractivity contribution is 5.60. The highest BCUT2D eigenvalue weighted by Gasteiger charge is 2.20. The van der Waals surface area contributed by atoms with Crippen molar-refractivity contribution >= 4 is 11.6 Å². The molecule has 122 valence electrons. The molecule has 0 radical (unpaired) electrons. The highest BCUT2D eigenvalue weighted by Crippen LogP contribution is 2.22. The largest absolute Gasteiger partial charge is 0.364 e. The van der Waals surface area contributed by atoms with Crippen molar-refractivity contribution in [3.8, 4) is 0 Å². The molecule has 0 saturated carbocycles. The third kappa shape index (κ3) is 4.16. The molecule has 1 aliphatic rings. The minimum atomic E-state index is 0.454. The molecule has 1 N–H and O–H groups in total. The molecule has 0 amide bonds. The lowest BCUT2D eigenvalue weighted by atomic mass is 10.0. The van der Waals surface area contributed by atoms with E-state index in [0.29, 0.717) is 6.04 Å². The number of nitrogens with one attached hydrogen (secondary N) is 1. The second-order valence-electron chi connectivity index (χ2n) is 6.18. The molecule has 3 heterocycles. The number of rotatable bonds is 5. The number of piperidine rings is 1. The van der Waals surface area contributed by atoms with E-state index in [1.165, 1.54) is 5.56 Å². The van der Waals surface area contributed by atoms with Crippen LogP contribution in [0.2, 0.25) is 0 Å². The van der Waals surface area contributed by atoms with Crippen LogP contribution in [0.3, 0.4) is 0 Å². The van der Waals surface area contributed by atoms with Crippen molar-refractivity contribution in [2.24, 2.45) is 0 Å². The van der Waals surface area contributed by atoms with Gasteiger partial charge in [-0.2, -0.15) is 0 Å². The first-order valence-corrected chi connectivity index (χ1v) is 8.08. The summed E-state index contributed by atoms with van der Waals surface area (Å²) < 4.78 is 0. The number of hydrogen-bond acceptors (Lipinski definition) is 6. The smallest absolute Gasteiger partial charge is 0.171 e. The average Bonchev–Trinajstić information content (AvgIpc) is 2.58. The van der Waals surface area contributed by atoms with Crippen LogP contribution in [0.1, 0.15) is 18.4 Å². The van der Waals surface area contributed by atoms with Gasteiger partial charge in [0, 0.05) is 64.6 Å². The van der Waals surface area contributed by atoms with E-state index in [-0.39, 0.29) is 0 Å². The van der Waals surface area contributed by atoms with Gasteiger partial charge in [-0.3, -0.25) is 9.88 Å². The number of pyridine rings is 1. The lowest BCUT2D eigenvalue weighted by Crippen LogP contribution is -2.39. The fourth-order valence-corrected chi connectivity index (χ4v) is 2.94. The second-order valence-corrected chi connectivity index (χ2v) is 6.18. The first-order chi connectivity index (χ1) is 11.2. The second kappa shape index (κ2) is 7.37. The van der Waals surface area contributed by atoms with Crippen LogP contribution in [0.5, 0.6) is 0 Å². The Bertz CT molecular complexity index is 607. The summed E-state index contributed by atoms with van der Waals surface area (Å²) in [6.45, 7) is 3.16. The Hall–Kier alpha value is -2.21. The molecule has 0 spiro atoms. The van der Waals surface area contributed by atoms with Crippen molar-refractivity contribution in [2.75, 3.05) is 37.4 Å². The fourth-order valence-electron chi connectivity index (χ4n) is 2.94. The molecule has 6 heteroatoms. The van der Waals surface area contributed by atoms with Crippen molar-refractivity contribution in [3.05, 3.63) is 42.5 Å². The molecule has 3 rings (SSSR count). The Balaban J connectivity index is 1.53. The highest BCUT2D eigenvalue weighted by atomic mass is 15.2. The van der Waals surface area contributed by atoms with Crippen molar-refractivity contribution < 1.29 is 0 Å². The van der Waals surface area contributed by atoms with E-state index >= 15 is 0 Å². The van der Waals surface area contributed by atoms with E-state index in [4.69, 9.17) is 0 Å². The van der Waals surface area contributed by atoms with Crippen LogP contribution in [0, 0.1) is 0 Å². The SMILES string of the molecule is CN(C)c1nccnc1NC1CCN(Cc2cccnc2)CC1. The third-order valence-electron chi connectivity index (χ3n) is 4.16. The molecule has 1 saturated heterocycles. The molecule has 0 bridgehead atoms. The molecule has 2 aromatic heterocycles. The van der Waals surface area contributed by atoms with Gasteiger partial charge in [0.05, 0.1) is 0 Å². The van der Waals surface area contributed by atoms with Gasteiger partial charge >= 0.3 is 0 Å². The van der Waals surface area contributed by atoms with E-state index in [9.17, 15) is 0 Å². The molecule has 2 aromatic rings. The number of aromatic nitrogens is 3. The fraction of sp³-hybridized carbons (Fsp3) is 0.471. The van der Waals surface area contributed by atoms with E-state index in [1.807, 2.05) is 37.5 Å². The topological polar surface area (TPSA) is 57.2 Å². The van der Waals surface area contributed by atoms with Gasteiger partial charge in [-0.05, 0) is 24.5 Å². The maximum absolute atomic E-state index is 4.44. The van der Waals surface area contributed by atoms with Gasteiger partial charge in [0.15, 0.2) is 11.6 Å². The lowest BCUT2D eigenvalue weighted by Gasteiger charge is -2.33. The minimum absolute atomic E-state index is 0.454. The first kappa shape index (κ1) is 15.7. The molecule has 0 unspecified atom stereocenters. The zero-order valence-corrected chi connectivity index (χ0v) is 13.8. The molecule has 0 atom stereocenters. The predicted octanol–water partition coefficient (Wildman–Crippen LogP) is 2.01. The number of nitrogens with zero attached hydrogens (tertiary/aromatic N) is 5. The summed E-state index contributed by atoms with van der Waals surface area (Å²) in [5.74, 6) is 1.77. The maximum Gasteiger partial charge on any atom is 0.171 e. The van der Waals surface area contributed by atoms with Crippen LogP contribution in [0.25, 0.3) is 0 Å². The van der Waals surface area contributed by atoms with Crippen LogP contribution in [0.4, 0.5) is 11.6 Å². The van der Waals surface area contributed by atoms with Gasteiger partial charge in [-0.15, -0.1) is 0 Å². The minimum Gasteiger partial charge on any atom is -0.364 e. The van der Waals surface area contributed by atoms with E-state index in [1.54, 1.807) is 12.4 Å². The summed E-state index contributed by atoms with van der Waals surface area (Å²) in [4.78, 5) is 17.5. The molecular formula is C17H24N6. The number of anilines is 2. The molecule has 0 aliphatic carbocycles. The Morgan fingerprint density at radius 3 is 2.65 bits per heavy atom. The summed E-state index contributed by atoms with van der Waals surface area (Å²) in [6.07, 6.45) is 9.48. The summed E-state index contributed by atoms with van der Waals surface area (Å²) in [5.41, 5.74) is 1.28. The number of hydrogen-bond donors (Lipinski definition) is 1. The van der Waals surface area contributed by atoms with Gasteiger partial charge in [0.25, 0.3) is 0 Å². The van der Waals surface area contributed by atoms with Crippen molar-refractivity contribution in [1.82, 2.24) is 19.9 Å². The van der Waals surface area contributed by atoms with Gasteiger partial charge in [-0.1, -0.05) is 6.07 Å². The van der Waals surface area contributed by atoms with Crippen molar-refractivity contribution in [2.45, 2.75) is 25.4 Å². The standard InChI is InChI=1S/C17H24N6/c1-22(2)17-16(19-8-9-20-17)21-15-5-10-23(11-6-15)13-14-4-3-7-18-12-14/h3-4,7-9,12,15H,5-6,10-11,13H2,1-2H3,(H,19,21). The molecule has 1 aliphatic heterocycles. The predicted molar refractivity (Wildman–Crippen MR) is 92.5 cm³/mol. The molecular weight excluding hydrogens is 288 g/mol. The van der Waals surface area contributed by atoms with E-state index in [0.717, 1.165) is 44.1 Å². The summed E-state index contributed by atoms with van der Waals surface area (Å²) in [5, 5.41) is 3.56. The van der Waals surface area contributed by atoms with Gasteiger partial charge in [0.1, 0.15) is 0 Å². The molecule has 0 aromatic carbocycles. The zero-order chi connectivity index (χ0) is 16.1. The van der Waals surface area contributed by atoms with Gasteiger partial charge in [0.2, 0.25) is 0 Å². The Morgan fingerprint density at radius 2 is 1.96 bits per heavy atom. The third-order valence-corrected chi connectivity index (χ3v) is 4.16. The Kier molecular flexibility index (Phi) is 5.02. The molecule has 23 heavy (non-hydrogen) atoms. The normalized spacial score (nSPS) is 16.3. The van der Waals surface area contributed by atoms with Crippen LogP contribution < -0.4 is 10.2 Å². The van der Waals surface area contributed by atoms with Crippen molar-refractivity contribution in [1.29, 1.82) is 0 Å². The lowest BCUT2D eigenvalue weighted by molar-refractivity contribution is 0.211.